The van der Waals surface area contributed by atoms with Crippen LogP contribution in [0.25, 0.3) is 10.8 Å². The summed E-state index contributed by atoms with van der Waals surface area (Å²) in [7, 11) is 1.62. The van der Waals surface area contributed by atoms with Crippen molar-refractivity contribution < 1.29 is 23.9 Å². The number of carbonyl (C=O) groups excluding carboxylic acids is 3. The van der Waals surface area contributed by atoms with Crippen LogP contribution in [0.2, 0.25) is 0 Å². The summed E-state index contributed by atoms with van der Waals surface area (Å²) in [6.45, 7) is 4.50. The number of hydrogen-bond acceptors (Lipinski definition) is 5. The van der Waals surface area contributed by atoms with E-state index in [0.29, 0.717) is 13.1 Å². The van der Waals surface area contributed by atoms with E-state index >= 15 is 0 Å². The van der Waals surface area contributed by atoms with Crippen molar-refractivity contribution in [1.82, 2.24) is 10.2 Å². The zero-order chi connectivity index (χ0) is 21.0. The van der Waals surface area contributed by atoms with E-state index < -0.39 is 17.9 Å². The molecule has 1 saturated heterocycles. The Morgan fingerprint density at radius 1 is 1.21 bits per heavy atom. The highest BCUT2D eigenvalue weighted by Crippen LogP contribution is 2.27. The predicted molar refractivity (Wildman–Crippen MR) is 109 cm³/mol. The van der Waals surface area contributed by atoms with Gasteiger partial charge >= 0.3 is 5.97 Å². The first-order valence-electron chi connectivity index (χ1n) is 9.76. The van der Waals surface area contributed by atoms with Crippen molar-refractivity contribution in [3.63, 3.8) is 0 Å². The van der Waals surface area contributed by atoms with Crippen LogP contribution in [0.4, 0.5) is 0 Å². The number of hydrogen-bond donors (Lipinski definition) is 1. The van der Waals surface area contributed by atoms with Crippen LogP contribution in [0.3, 0.4) is 0 Å². The number of nitrogens with one attached hydrogen (secondary N) is 1. The van der Waals surface area contributed by atoms with Crippen molar-refractivity contribution in [1.29, 1.82) is 0 Å². The third-order valence-electron chi connectivity index (χ3n) is 5.22. The Bertz CT molecular complexity index is 927. The molecule has 29 heavy (non-hydrogen) atoms. The molecule has 0 spiro atoms. The van der Waals surface area contributed by atoms with Crippen LogP contribution in [0.15, 0.2) is 36.4 Å². The molecule has 2 atom stereocenters. The van der Waals surface area contributed by atoms with Gasteiger partial charge in [-0.05, 0) is 42.3 Å². The molecule has 7 nitrogen and oxygen atoms in total. The molecule has 3 rings (SSSR count). The second-order valence-electron chi connectivity index (χ2n) is 7.04. The van der Waals surface area contributed by atoms with Crippen molar-refractivity contribution in [3.05, 3.63) is 42.0 Å². The van der Waals surface area contributed by atoms with Crippen LogP contribution in [-0.4, -0.2) is 55.5 Å². The van der Waals surface area contributed by atoms with E-state index in [4.69, 9.17) is 9.47 Å². The summed E-state index contributed by atoms with van der Waals surface area (Å²) in [4.78, 5) is 38.9. The van der Waals surface area contributed by atoms with Gasteiger partial charge < -0.3 is 19.7 Å². The van der Waals surface area contributed by atoms with Crippen molar-refractivity contribution in [2.24, 2.45) is 0 Å². The van der Waals surface area contributed by atoms with Gasteiger partial charge in [-0.25, -0.2) is 0 Å². The van der Waals surface area contributed by atoms with Crippen molar-refractivity contribution in [3.8, 4) is 5.75 Å². The van der Waals surface area contributed by atoms with Gasteiger partial charge in [0.2, 0.25) is 11.8 Å². The molecule has 0 aliphatic carbocycles. The molecule has 0 bridgehead atoms. The highest BCUT2D eigenvalue weighted by molar-refractivity contribution is 5.94. The molecule has 1 aliphatic heterocycles. The van der Waals surface area contributed by atoms with E-state index in [1.54, 1.807) is 14.0 Å². The maximum atomic E-state index is 13.2. The smallest absolute Gasteiger partial charge is 0.308 e. The van der Waals surface area contributed by atoms with E-state index in [-0.39, 0.29) is 24.8 Å². The summed E-state index contributed by atoms with van der Waals surface area (Å²) in [6.07, 6.45) is -0.143. The average molecular weight is 398 g/mol. The lowest BCUT2D eigenvalue weighted by Crippen LogP contribution is -2.58. The van der Waals surface area contributed by atoms with Crippen molar-refractivity contribution in [2.45, 2.75) is 32.2 Å². The van der Waals surface area contributed by atoms with Gasteiger partial charge in [0.25, 0.3) is 0 Å². The number of piperazine rings is 1. The fourth-order valence-corrected chi connectivity index (χ4v) is 3.59. The maximum absolute atomic E-state index is 13.2. The van der Waals surface area contributed by atoms with Gasteiger partial charge in [0.1, 0.15) is 11.8 Å². The monoisotopic (exact) mass is 398 g/mol. The minimum atomic E-state index is -0.845. The van der Waals surface area contributed by atoms with E-state index in [1.807, 2.05) is 43.3 Å². The summed E-state index contributed by atoms with van der Waals surface area (Å²) in [6, 6.07) is 10.8. The fraction of sp³-hybridized carbons (Fsp3) is 0.409. The number of rotatable bonds is 6. The lowest BCUT2D eigenvalue weighted by atomic mass is 9.95. The Labute approximate surface area is 170 Å². The first kappa shape index (κ1) is 20.6. The van der Waals surface area contributed by atoms with Crippen LogP contribution in [0, 0.1) is 0 Å². The van der Waals surface area contributed by atoms with Crippen LogP contribution in [-0.2, 0) is 19.1 Å². The molecule has 7 heteroatoms. The lowest BCUT2D eigenvalue weighted by Gasteiger charge is -2.36. The number of esters is 1. The zero-order valence-corrected chi connectivity index (χ0v) is 16.9. The first-order chi connectivity index (χ1) is 13.9. The van der Waals surface area contributed by atoms with Crippen LogP contribution >= 0.6 is 0 Å². The molecule has 1 unspecified atom stereocenters. The normalized spacial score (nSPS) is 17.6. The fourth-order valence-electron chi connectivity index (χ4n) is 3.59. The highest BCUT2D eigenvalue weighted by Gasteiger charge is 2.37. The molecule has 1 N–H and O–H groups in total. The largest absolute Gasteiger partial charge is 0.497 e. The zero-order valence-electron chi connectivity index (χ0n) is 16.9. The molecule has 2 amide bonds. The Kier molecular flexibility index (Phi) is 6.36. The molecule has 0 radical (unpaired) electrons. The molecule has 2 aromatic carbocycles. The van der Waals surface area contributed by atoms with Gasteiger partial charge in [-0.1, -0.05) is 24.3 Å². The van der Waals surface area contributed by atoms with Gasteiger partial charge in [0.15, 0.2) is 0 Å². The third kappa shape index (κ3) is 4.50. The number of amides is 2. The maximum Gasteiger partial charge on any atom is 0.308 e. The summed E-state index contributed by atoms with van der Waals surface area (Å²) in [5.41, 5.74) is 0.855. The number of fused-ring (bicyclic) bond motifs is 1. The molecule has 1 fully saturated rings. The molecule has 154 valence electrons. The van der Waals surface area contributed by atoms with Gasteiger partial charge in [-0.15, -0.1) is 0 Å². The Hall–Kier alpha value is -3.09. The second-order valence-corrected chi connectivity index (χ2v) is 7.04. The molecule has 2 aromatic rings. The number of ether oxygens (including phenoxy) is 2. The van der Waals surface area contributed by atoms with Crippen molar-refractivity contribution >= 4 is 28.6 Å². The lowest BCUT2D eigenvalue weighted by molar-refractivity contribution is -0.152. The summed E-state index contributed by atoms with van der Waals surface area (Å²) in [5.74, 6) is -0.662. The Balaban J connectivity index is 1.82. The summed E-state index contributed by atoms with van der Waals surface area (Å²) in [5, 5.41) is 4.75. The van der Waals surface area contributed by atoms with E-state index in [0.717, 1.165) is 22.1 Å². The second kappa shape index (κ2) is 8.94. The van der Waals surface area contributed by atoms with Crippen LogP contribution < -0.4 is 10.1 Å². The van der Waals surface area contributed by atoms with E-state index in [1.165, 1.54) is 4.90 Å². The minimum absolute atomic E-state index is 0.143. The summed E-state index contributed by atoms with van der Waals surface area (Å²) < 4.78 is 10.2. The van der Waals surface area contributed by atoms with E-state index in [2.05, 4.69) is 5.32 Å². The topological polar surface area (TPSA) is 84.9 Å². The highest BCUT2D eigenvalue weighted by atomic mass is 16.5. The standard InChI is InChI=1S/C22H26N2O5/c1-4-29-20(25)13-19-21(26)23-9-10-24(19)22(27)14(2)15-5-6-17-12-18(28-3)8-7-16(17)11-15/h5-8,11-12,14,19H,4,9-10,13H2,1-3H3,(H,23,26)/t14-,19?/m0/s1. The molecule has 0 saturated carbocycles. The number of benzene rings is 2. The van der Waals surface area contributed by atoms with Crippen LogP contribution in [0.1, 0.15) is 31.7 Å². The Morgan fingerprint density at radius 3 is 2.66 bits per heavy atom. The molecule has 1 heterocycles. The Morgan fingerprint density at radius 2 is 1.93 bits per heavy atom. The van der Waals surface area contributed by atoms with E-state index in [9.17, 15) is 14.4 Å². The van der Waals surface area contributed by atoms with Crippen molar-refractivity contribution in [2.75, 3.05) is 26.8 Å². The van der Waals surface area contributed by atoms with Gasteiger partial charge in [-0.2, -0.15) is 0 Å². The number of nitrogens with zero attached hydrogens (tertiary/aromatic N) is 1. The average Bonchev–Trinajstić information content (AvgIpc) is 2.73. The third-order valence-corrected chi connectivity index (χ3v) is 5.22. The molecule has 1 aliphatic rings. The van der Waals surface area contributed by atoms with Gasteiger partial charge in [0.05, 0.1) is 26.1 Å². The first-order valence-corrected chi connectivity index (χ1v) is 9.76. The molecular weight excluding hydrogens is 372 g/mol. The SMILES string of the molecule is CCOC(=O)CC1C(=O)NCCN1C(=O)[C@@H](C)c1ccc2cc(OC)ccc2c1. The molecular formula is C22H26N2O5. The van der Waals surface area contributed by atoms with Crippen LogP contribution in [0.5, 0.6) is 5.75 Å². The summed E-state index contributed by atoms with van der Waals surface area (Å²) >= 11 is 0. The quantitative estimate of drug-likeness (QED) is 0.755. The molecule has 0 aromatic heterocycles. The van der Waals surface area contributed by atoms with Gasteiger partial charge in [-0.3, -0.25) is 14.4 Å². The minimum Gasteiger partial charge on any atom is -0.497 e. The predicted octanol–water partition coefficient (Wildman–Crippen LogP) is 2.23. The number of methoxy groups -OCH3 is 1. The van der Waals surface area contributed by atoms with Gasteiger partial charge in [0, 0.05) is 13.1 Å². The number of carbonyl (C=O) groups is 3.